The van der Waals surface area contributed by atoms with Crippen LogP contribution in [0.25, 0.3) is 5.57 Å². The van der Waals surface area contributed by atoms with Crippen LogP contribution in [0.3, 0.4) is 0 Å². The third kappa shape index (κ3) is 2.92. The first-order chi connectivity index (χ1) is 13.9. The molecule has 2 saturated carbocycles. The van der Waals surface area contributed by atoms with Crippen molar-refractivity contribution in [3.63, 3.8) is 0 Å². The highest BCUT2D eigenvalue weighted by atomic mass is 16.4. The van der Waals surface area contributed by atoms with Crippen molar-refractivity contribution in [3.8, 4) is 0 Å². The van der Waals surface area contributed by atoms with Gasteiger partial charge in [-0.2, -0.15) is 0 Å². The molecule has 154 valence electrons. The number of hydrogen-bond donors (Lipinski definition) is 1. The second kappa shape index (κ2) is 6.82. The van der Waals surface area contributed by atoms with Gasteiger partial charge in [-0.05, 0) is 96.7 Å². The van der Waals surface area contributed by atoms with E-state index in [9.17, 15) is 9.90 Å². The molecule has 3 nitrogen and oxygen atoms in total. The molecule has 3 heteroatoms. The van der Waals surface area contributed by atoms with Gasteiger partial charge in [0.2, 0.25) is 0 Å². The lowest BCUT2D eigenvalue weighted by Gasteiger charge is -2.58. The summed E-state index contributed by atoms with van der Waals surface area (Å²) in [4.78, 5) is 15.6. The number of carboxylic acid groups (broad SMARTS) is 1. The first kappa shape index (κ1) is 19.1. The monoisotopic (exact) mass is 391 g/mol. The second-order valence-corrected chi connectivity index (χ2v) is 10.5. The molecule has 0 amide bonds. The summed E-state index contributed by atoms with van der Waals surface area (Å²) in [7, 11) is 0. The number of hydrogen-bond acceptors (Lipinski definition) is 2. The van der Waals surface area contributed by atoms with E-state index in [-0.39, 0.29) is 10.8 Å². The fourth-order valence-corrected chi connectivity index (χ4v) is 7.69. The van der Waals surface area contributed by atoms with E-state index in [1.165, 1.54) is 43.2 Å². The number of carbonyl (C=O) groups is 1. The highest BCUT2D eigenvalue weighted by molar-refractivity contribution is 5.72. The molecule has 2 fully saturated rings. The fourth-order valence-electron chi connectivity index (χ4n) is 7.69. The van der Waals surface area contributed by atoms with Crippen molar-refractivity contribution >= 4 is 11.5 Å². The predicted octanol–water partition coefficient (Wildman–Crippen LogP) is 6.13. The number of rotatable bonds is 3. The van der Waals surface area contributed by atoms with Crippen molar-refractivity contribution in [3.05, 3.63) is 47.8 Å². The Balaban J connectivity index is 1.41. The molecule has 0 aromatic carbocycles. The summed E-state index contributed by atoms with van der Waals surface area (Å²) in [6.07, 6.45) is 17.5. The molecule has 1 aromatic rings. The summed E-state index contributed by atoms with van der Waals surface area (Å²) >= 11 is 0. The molecular weight excluding hydrogens is 358 g/mol. The van der Waals surface area contributed by atoms with Gasteiger partial charge in [0.25, 0.3) is 0 Å². The van der Waals surface area contributed by atoms with Crippen LogP contribution in [-0.4, -0.2) is 16.1 Å². The minimum absolute atomic E-state index is 0.270. The van der Waals surface area contributed by atoms with Crippen molar-refractivity contribution in [1.29, 1.82) is 0 Å². The van der Waals surface area contributed by atoms with Gasteiger partial charge in [0.1, 0.15) is 0 Å². The minimum Gasteiger partial charge on any atom is -0.481 e. The van der Waals surface area contributed by atoms with Crippen molar-refractivity contribution in [2.45, 2.75) is 65.2 Å². The summed E-state index contributed by atoms with van der Waals surface area (Å²) in [5, 5.41) is 9.23. The zero-order valence-corrected chi connectivity index (χ0v) is 17.7. The number of fused-ring (bicyclic) bond motifs is 5. The van der Waals surface area contributed by atoms with Gasteiger partial charge in [-0.3, -0.25) is 9.78 Å². The number of allylic oxidation sites excluding steroid dienone is 4. The number of aromatic nitrogens is 1. The van der Waals surface area contributed by atoms with Crippen LogP contribution in [0, 0.1) is 34.5 Å². The highest BCUT2D eigenvalue weighted by Gasteiger charge is 2.56. The Morgan fingerprint density at radius 2 is 1.97 bits per heavy atom. The van der Waals surface area contributed by atoms with Crippen LogP contribution < -0.4 is 0 Å². The van der Waals surface area contributed by atoms with Crippen LogP contribution in [0.15, 0.2) is 42.3 Å². The van der Waals surface area contributed by atoms with E-state index in [0.29, 0.717) is 12.3 Å². The van der Waals surface area contributed by atoms with Crippen LogP contribution in [0.2, 0.25) is 0 Å². The second-order valence-electron chi connectivity index (χ2n) is 10.5. The van der Waals surface area contributed by atoms with Crippen molar-refractivity contribution < 1.29 is 9.90 Å². The first-order valence-electron chi connectivity index (χ1n) is 11.4. The minimum atomic E-state index is -0.638. The Morgan fingerprint density at radius 3 is 2.72 bits per heavy atom. The van der Waals surface area contributed by atoms with Crippen molar-refractivity contribution in [2.75, 3.05) is 0 Å². The molecule has 1 heterocycles. The maximum atomic E-state index is 11.2. The molecule has 0 bridgehead atoms. The summed E-state index contributed by atoms with van der Waals surface area (Å²) in [5.74, 6) is 1.93. The number of nitrogens with zero attached hydrogens (tertiary/aromatic N) is 1. The third-order valence-electron chi connectivity index (χ3n) is 9.22. The normalized spacial score (nSPS) is 40.9. The average Bonchev–Trinajstić information content (AvgIpc) is 3.06. The van der Waals surface area contributed by atoms with Gasteiger partial charge in [-0.25, -0.2) is 0 Å². The molecule has 5 rings (SSSR count). The maximum absolute atomic E-state index is 11.2. The fraction of sp³-hybridized carbons (Fsp3) is 0.615. The van der Waals surface area contributed by atoms with Gasteiger partial charge >= 0.3 is 5.97 Å². The molecule has 1 N–H and O–H groups in total. The Kier molecular flexibility index (Phi) is 4.49. The van der Waals surface area contributed by atoms with Gasteiger partial charge in [0.15, 0.2) is 0 Å². The van der Waals surface area contributed by atoms with Gasteiger partial charge in [0, 0.05) is 18.8 Å². The lowest BCUT2D eigenvalue weighted by Crippen LogP contribution is -2.49. The average molecular weight is 392 g/mol. The largest absolute Gasteiger partial charge is 0.481 e. The van der Waals surface area contributed by atoms with E-state index in [4.69, 9.17) is 0 Å². The van der Waals surface area contributed by atoms with Gasteiger partial charge in [-0.15, -0.1) is 0 Å². The number of pyridine rings is 1. The van der Waals surface area contributed by atoms with Crippen LogP contribution in [0.4, 0.5) is 0 Å². The van der Waals surface area contributed by atoms with Gasteiger partial charge < -0.3 is 5.11 Å². The predicted molar refractivity (Wildman–Crippen MR) is 115 cm³/mol. The van der Waals surface area contributed by atoms with Crippen LogP contribution in [-0.2, 0) is 4.79 Å². The molecule has 0 aliphatic heterocycles. The Bertz CT molecular complexity index is 872. The molecule has 4 aliphatic rings. The maximum Gasteiger partial charge on any atom is 0.303 e. The lowest BCUT2D eigenvalue weighted by atomic mass is 9.47. The van der Waals surface area contributed by atoms with Crippen LogP contribution >= 0.6 is 0 Å². The van der Waals surface area contributed by atoms with Gasteiger partial charge in [-0.1, -0.05) is 37.6 Å². The van der Waals surface area contributed by atoms with Crippen LogP contribution in [0.1, 0.15) is 70.8 Å². The van der Waals surface area contributed by atoms with E-state index < -0.39 is 5.97 Å². The molecule has 0 unspecified atom stereocenters. The van der Waals surface area contributed by atoms with Crippen LogP contribution in [0.5, 0.6) is 0 Å². The molecular formula is C26H33NO2. The molecule has 4 aliphatic carbocycles. The van der Waals surface area contributed by atoms with E-state index >= 15 is 0 Å². The Hall–Kier alpha value is -1.90. The van der Waals surface area contributed by atoms with E-state index in [1.54, 1.807) is 5.57 Å². The molecule has 0 spiro atoms. The Labute approximate surface area is 174 Å². The SMILES string of the molecule is C[C@]12CC[C@H](CC(=O)O)CC1=CC[C@@H]1[C@@H]2CC[C@]2(C)C(c3cccnc3)=CC[C@@H]12. The molecule has 29 heavy (non-hydrogen) atoms. The Morgan fingerprint density at radius 1 is 1.14 bits per heavy atom. The van der Waals surface area contributed by atoms with E-state index in [0.717, 1.165) is 30.6 Å². The zero-order valence-electron chi connectivity index (χ0n) is 17.7. The van der Waals surface area contributed by atoms with Crippen molar-refractivity contribution in [2.24, 2.45) is 34.5 Å². The zero-order chi connectivity index (χ0) is 20.2. The lowest BCUT2D eigenvalue weighted by molar-refractivity contribution is -0.138. The van der Waals surface area contributed by atoms with Crippen molar-refractivity contribution in [1.82, 2.24) is 4.98 Å². The molecule has 1 aromatic heterocycles. The molecule has 0 radical (unpaired) electrons. The highest BCUT2D eigenvalue weighted by Crippen LogP contribution is 2.66. The quantitative estimate of drug-likeness (QED) is 0.631. The topological polar surface area (TPSA) is 50.2 Å². The van der Waals surface area contributed by atoms with E-state index in [2.05, 4.69) is 43.1 Å². The first-order valence-corrected chi connectivity index (χ1v) is 11.4. The van der Waals surface area contributed by atoms with E-state index in [1.807, 2.05) is 12.4 Å². The smallest absolute Gasteiger partial charge is 0.303 e. The summed E-state index contributed by atoms with van der Waals surface area (Å²) < 4.78 is 0. The number of aliphatic carboxylic acids is 1. The molecule has 0 saturated heterocycles. The summed E-state index contributed by atoms with van der Waals surface area (Å²) in [5.41, 5.74) is 4.98. The summed E-state index contributed by atoms with van der Waals surface area (Å²) in [6, 6.07) is 4.28. The standard InChI is InChI=1S/C26H33NO2/c1-25-11-9-17(15-24(28)29)14-19(25)5-6-20-22-8-7-21(18-4-3-13-27-16-18)26(22,2)12-10-23(20)25/h3-5,7,13,16-17,20,22-23H,6,8-12,14-15H2,1-2H3,(H,28,29)/t17-,20-,22-,23-,25-,26+/m0/s1. The number of carboxylic acids is 1. The third-order valence-corrected chi connectivity index (χ3v) is 9.22. The summed E-state index contributed by atoms with van der Waals surface area (Å²) in [6.45, 7) is 5.00. The van der Waals surface area contributed by atoms with Gasteiger partial charge in [0.05, 0.1) is 0 Å². The molecule has 6 atom stereocenters.